The maximum atomic E-state index is 11.2. The molecule has 1 spiro atoms. The molecule has 2 N–H and O–H groups in total. The van der Waals surface area contributed by atoms with Gasteiger partial charge in [0.05, 0.1) is 5.60 Å². The van der Waals surface area contributed by atoms with Gasteiger partial charge in [-0.25, -0.2) is 0 Å². The summed E-state index contributed by atoms with van der Waals surface area (Å²) in [5.41, 5.74) is -0.522. The quantitative estimate of drug-likeness (QED) is 0.786. The summed E-state index contributed by atoms with van der Waals surface area (Å²) < 4.78 is 5.96. The molecule has 1 aliphatic heterocycles. The second-order valence-corrected chi connectivity index (χ2v) is 5.96. The van der Waals surface area contributed by atoms with Crippen LogP contribution in [0.15, 0.2) is 0 Å². The van der Waals surface area contributed by atoms with Gasteiger partial charge in [0.15, 0.2) is 0 Å². The summed E-state index contributed by atoms with van der Waals surface area (Å²) in [5, 5.41) is 12.6. The molecule has 0 radical (unpaired) electrons. The Labute approximate surface area is 102 Å². The zero-order valence-corrected chi connectivity index (χ0v) is 10.2. The average molecular weight is 239 g/mol. The van der Waals surface area contributed by atoms with Gasteiger partial charge in [0.1, 0.15) is 5.54 Å². The van der Waals surface area contributed by atoms with Crippen molar-refractivity contribution in [1.29, 1.82) is 0 Å². The first-order valence-corrected chi connectivity index (χ1v) is 6.79. The van der Waals surface area contributed by atoms with Gasteiger partial charge in [0.25, 0.3) is 0 Å². The van der Waals surface area contributed by atoms with E-state index in [2.05, 4.69) is 5.32 Å². The van der Waals surface area contributed by atoms with Crippen molar-refractivity contribution < 1.29 is 14.6 Å². The molecule has 3 aliphatic rings. The van der Waals surface area contributed by atoms with Crippen LogP contribution in [0.3, 0.4) is 0 Å². The van der Waals surface area contributed by atoms with Crippen LogP contribution in [-0.4, -0.2) is 34.9 Å². The highest BCUT2D eigenvalue weighted by Crippen LogP contribution is 2.42. The van der Waals surface area contributed by atoms with Gasteiger partial charge in [-0.3, -0.25) is 10.1 Å². The standard InChI is InChI=1S/C13H21NO3/c15-11(16)13(6-7-13)14-10-3-8-17-12(9-10)4-1-2-5-12/h10,14H,1-9H2,(H,15,16). The molecule has 2 saturated carbocycles. The van der Waals surface area contributed by atoms with Crippen LogP contribution in [0.2, 0.25) is 0 Å². The number of carbonyl (C=O) groups is 1. The minimum absolute atomic E-state index is 0.0739. The van der Waals surface area contributed by atoms with Gasteiger partial charge in [-0.2, -0.15) is 0 Å². The van der Waals surface area contributed by atoms with Crippen molar-refractivity contribution in [1.82, 2.24) is 5.32 Å². The minimum atomic E-state index is -0.676. The summed E-state index contributed by atoms with van der Waals surface area (Å²) in [6, 6.07) is 0.334. The van der Waals surface area contributed by atoms with Gasteiger partial charge in [-0.05, 0) is 38.5 Å². The highest BCUT2D eigenvalue weighted by molar-refractivity contribution is 5.82. The third-order valence-corrected chi connectivity index (χ3v) is 4.65. The van der Waals surface area contributed by atoms with Gasteiger partial charge < -0.3 is 9.84 Å². The Morgan fingerprint density at radius 2 is 1.94 bits per heavy atom. The fourth-order valence-electron chi connectivity index (χ4n) is 3.45. The third kappa shape index (κ3) is 2.08. The molecule has 3 rings (SSSR count). The zero-order chi connectivity index (χ0) is 11.9. The van der Waals surface area contributed by atoms with E-state index in [0.717, 1.165) is 45.1 Å². The van der Waals surface area contributed by atoms with Gasteiger partial charge in [-0.15, -0.1) is 0 Å². The normalized spacial score (nSPS) is 33.8. The number of carboxylic acids is 1. The lowest BCUT2D eigenvalue weighted by Crippen LogP contribution is -2.52. The molecule has 1 heterocycles. The van der Waals surface area contributed by atoms with Gasteiger partial charge in [-0.1, -0.05) is 12.8 Å². The van der Waals surface area contributed by atoms with Gasteiger partial charge >= 0.3 is 5.97 Å². The van der Waals surface area contributed by atoms with E-state index < -0.39 is 11.5 Å². The predicted octanol–water partition coefficient (Wildman–Crippen LogP) is 1.68. The minimum Gasteiger partial charge on any atom is -0.480 e. The average Bonchev–Trinajstić information content (AvgIpc) is 2.95. The molecular weight excluding hydrogens is 218 g/mol. The van der Waals surface area contributed by atoms with Crippen LogP contribution in [0.1, 0.15) is 51.4 Å². The van der Waals surface area contributed by atoms with Crippen molar-refractivity contribution in [2.75, 3.05) is 6.61 Å². The second kappa shape index (κ2) is 3.95. The lowest BCUT2D eigenvalue weighted by atomic mass is 9.88. The number of aliphatic carboxylic acids is 1. The number of nitrogens with one attached hydrogen (secondary N) is 1. The molecule has 1 atom stereocenters. The lowest BCUT2D eigenvalue weighted by molar-refractivity contribution is -0.142. The van der Waals surface area contributed by atoms with Crippen molar-refractivity contribution in [3.8, 4) is 0 Å². The molecule has 1 unspecified atom stereocenters. The first kappa shape index (κ1) is 11.5. The Hall–Kier alpha value is -0.610. The molecule has 4 heteroatoms. The van der Waals surface area contributed by atoms with Crippen LogP contribution in [0, 0.1) is 0 Å². The number of hydrogen-bond donors (Lipinski definition) is 2. The molecule has 0 aromatic heterocycles. The van der Waals surface area contributed by atoms with E-state index >= 15 is 0 Å². The summed E-state index contributed by atoms with van der Waals surface area (Å²) in [7, 11) is 0. The molecule has 4 nitrogen and oxygen atoms in total. The lowest BCUT2D eigenvalue weighted by Gasteiger charge is -2.39. The van der Waals surface area contributed by atoms with Crippen molar-refractivity contribution in [2.24, 2.45) is 0 Å². The highest BCUT2D eigenvalue weighted by atomic mass is 16.5. The maximum Gasteiger partial charge on any atom is 0.323 e. The van der Waals surface area contributed by atoms with E-state index in [1.807, 2.05) is 0 Å². The molecule has 2 aliphatic carbocycles. The molecule has 17 heavy (non-hydrogen) atoms. The summed E-state index contributed by atoms with van der Waals surface area (Å²) in [6.07, 6.45) is 8.36. The Kier molecular flexibility index (Phi) is 2.67. The molecule has 96 valence electrons. The number of ether oxygens (including phenoxy) is 1. The first-order chi connectivity index (χ1) is 8.14. The van der Waals surface area contributed by atoms with Crippen molar-refractivity contribution in [3.63, 3.8) is 0 Å². The van der Waals surface area contributed by atoms with E-state index in [1.165, 1.54) is 12.8 Å². The SMILES string of the molecule is O=C(O)C1(NC2CCOC3(CCCC3)C2)CC1. The molecule has 0 aromatic carbocycles. The van der Waals surface area contributed by atoms with Crippen molar-refractivity contribution in [3.05, 3.63) is 0 Å². The summed E-state index contributed by atoms with van der Waals surface area (Å²) in [5.74, 6) is -0.676. The summed E-state index contributed by atoms with van der Waals surface area (Å²) in [4.78, 5) is 11.2. The number of hydrogen-bond acceptors (Lipinski definition) is 3. The first-order valence-electron chi connectivity index (χ1n) is 6.79. The number of rotatable bonds is 3. The molecule has 0 aromatic rings. The fourth-order valence-corrected chi connectivity index (χ4v) is 3.45. The van der Waals surface area contributed by atoms with Crippen molar-refractivity contribution in [2.45, 2.75) is 68.5 Å². The molecule has 1 saturated heterocycles. The fraction of sp³-hybridized carbons (Fsp3) is 0.923. The smallest absolute Gasteiger partial charge is 0.323 e. The van der Waals surface area contributed by atoms with Crippen LogP contribution in [0.4, 0.5) is 0 Å². The Balaban J connectivity index is 1.62. The molecule has 0 bridgehead atoms. The summed E-state index contributed by atoms with van der Waals surface area (Å²) >= 11 is 0. The predicted molar refractivity (Wildman–Crippen MR) is 62.9 cm³/mol. The summed E-state index contributed by atoms with van der Waals surface area (Å²) in [6.45, 7) is 0.785. The van der Waals surface area contributed by atoms with Crippen LogP contribution < -0.4 is 5.32 Å². The van der Waals surface area contributed by atoms with E-state index in [0.29, 0.717) is 6.04 Å². The van der Waals surface area contributed by atoms with E-state index in [-0.39, 0.29) is 5.60 Å². The van der Waals surface area contributed by atoms with Crippen LogP contribution in [0.25, 0.3) is 0 Å². The zero-order valence-electron chi connectivity index (χ0n) is 10.2. The molecule has 0 amide bonds. The van der Waals surface area contributed by atoms with Gasteiger partial charge in [0, 0.05) is 12.6 Å². The Bertz CT molecular complexity index is 319. The van der Waals surface area contributed by atoms with E-state index in [1.54, 1.807) is 0 Å². The van der Waals surface area contributed by atoms with Crippen LogP contribution >= 0.6 is 0 Å². The monoisotopic (exact) mass is 239 g/mol. The van der Waals surface area contributed by atoms with Gasteiger partial charge in [0.2, 0.25) is 0 Å². The second-order valence-electron chi connectivity index (χ2n) is 5.96. The topological polar surface area (TPSA) is 58.6 Å². The Morgan fingerprint density at radius 1 is 1.24 bits per heavy atom. The Morgan fingerprint density at radius 3 is 2.53 bits per heavy atom. The van der Waals surface area contributed by atoms with E-state index in [4.69, 9.17) is 4.74 Å². The third-order valence-electron chi connectivity index (χ3n) is 4.65. The molecule has 3 fully saturated rings. The van der Waals surface area contributed by atoms with Crippen molar-refractivity contribution >= 4 is 5.97 Å². The van der Waals surface area contributed by atoms with Crippen LogP contribution in [0.5, 0.6) is 0 Å². The molecular formula is C13H21NO3. The van der Waals surface area contributed by atoms with E-state index in [9.17, 15) is 9.90 Å². The maximum absolute atomic E-state index is 11.2. The number of carboxylic acid groups (broad SMARTS) is 1. The highest BCUT2D eigenvalue weighted by Gasteiger charge is 2.52. The largest absolute Gasteiger partial charge is 0.480 e. The van der Waals surface area contributed by atoms with Crippen LogP contribution in [-0.2, 0) is 9.53 Å².